The summed E-state index contributed by atoms with van der Waals surface area (Å²) in [6, 6.07) is 9.03. The van der Waals surface area contributed by atoms with Gasteiger partial charge in [0.1, 0.15) is 5.75 Å². The average Bonchev–Trinajstić information content (AvgIpc) is 2.55. The zero-order chi connectivity index (χ0) is 16.2. The lowest BCUT2D eigenvalue weighted by Crippen LogP contribution is -2.57. The Morgan fingerprint density at radius 1 is 1.26 bits per heavy atom. The Morgan fingerprint density at radius 2 is 1.96 bits per heavy atom. The van der Waals surface area contributed by atoms with Crippen LogP contribution in [-0.4, -0.2) is 42.6 Å². The summed E-state index contributed by atoms with van der Waals surface area (Å²) in [4.78, 5) is 15.3. The van der Waals surface area contributed by atoms with Crippen molar-refractivity contribution in [3.63, 3.8) is 0 Å². The van der Waals surface area contributed by atoms with E-state index < -0.39 is 0 Å². The van der Waals surface area contributed by atoms with E-state index in [1.54, 1.807) is 7.11 Å². The number of piperidine rings is 2. The van der Waals surface area contributed by atoms with E-state index in [1.165, 1.54) is 32.2 Å². The molecular weight excluding hydrogens is 288 g/mol. The number of para-hydroxylation sites is 1. The second-order valence-electron chi connectivity index (χ2n) is 6.82. The molecule has 1 amide bonds. The summed E-state index contributed by atoms with van der Waals surface area (Å²) >= 11 is 0. The fourth-order valence-corrected chi connectivity index (χ4v) is 4.32. The number of benzene rings is 1. The highest BCUT2D eigenvalue weighted by molar-refractivity contribution is 5.97. The molecule has 2 aliphatic heterocycles. The molecule has 1 aromatic rings. The Labute approximate surface area is 139 Å². The molecule has 0 aromatic heterocycles. The first kappa shape index (κ1) is 16.3. The Hall–Kier alpha value is -1.55. The van der Waals surface area contributed by atoms with Gasteiger partial charge in [0, 0.05) is 18.1 Å². The van der Waals surface area contributed by atoms with Gasteiger partial charge in [-0.05, 0) is 50.8 Å². The van der Waals surface area contributed by atoms with Crippen molar-refractivity contribution >= 4 is 5.91 Å². The minimum atomic E-state index is -0.00513. The number of fused-ring (bicyclic) bond motifs is 2. The van der Waals surface area contributed by atoms with E-state index in [0.717, 1.165) is 12.8 Å². The van der Waals surface area contributed by atoms with E-state index in [4.69, 9.17) is 4.74 Å². The third kappa shape index (κ3) is 3.52. The number of nitrogens with one attached hydrogen (secondary N) is 1. The number of hydrogen-bond acceptors (Lipinski definition) is 3. The number of amides is 1. The van der Waals surface area contributed by atoms with Crippen LogP contribution in [0.3, 0.4) is 0 Å². The number of hydrogen-bond donors (Lipinski definition) is 1. The highest BCUT2D eigenvalue weighted by Crippen LogP contribution is 2.34. The number of carbonyl (C=O) groups excluding carboxylic acids is 1. The summed E-state index contributed by atoms with van der Waals surface area (Å²) in [7, 11) is 1.61. The molecule has 2 heterocycles. The summed E-state index contributed by atoms with van der Waals surface area (Å²) in [6.45, 7) is 3.45. The molecule has 1 N–H and O–H groups in total. The van der Waals surface area contributed by atoms with Gasteiger partial charge in [0.15, 0.2) is 0 Å². The van der Waals surface area contributed by atoms with Crippen LogP contribution in [-0.2, 0) is 0 Å². The fraction of sp³-hybridized carbons (Fsp3) is 0.632. The molecule has 0 saturated carbocycles. The van der Waals surface area contributed by atoms with E-state index in [9.17, 15) is 4.79 Å². The van der Waals surface area contributed by atoms with Gasteiger partial charge in [-0.15, -0.1) is 0 Å². The van der Waals surface area contributed by atoms with Gasteiger partial charge in [-0.1, -0.05) is 25.5 Å². The smallest absolute Gasteiger partial charge is 0.255 e. The number of carbonyl (C=O) groups is 1. The predicted molar refractivity (Wildman–Crippen MR) is 91.9 cm³/mol. The lowest BCUT2D eigenvalue weighted by molar-refractivity contribution is 0.0244. The molecule has 2 atom stereocenters. The van der Waals surface area contributed by atoms with Gasteiger partial charge in [-0.25, -0.2) is 0 Å². The number of ether oxygens (including phenoxy) is 1. The quantitative estimate of drug-likeness (QED) is 0.907. The highest BCUT2D eigenvalue weighted by atomic mass is 16.5. The van der Waals surface area contributed by atoms with Crippen molar-refractivity contribution in [3.8, 4) is 5.75 Å². The maximum absolute atomic E-state index is 12.6. The number of rotatable bonds is 5. The van der Waals surface area contributed by atoms with Crippen molar-refractivity contribution in [2.75, 3.05) is 13.7 Å². The molecule has 2 fully saturated rings. The van der Waals surface area contributed by atoms with Crippen molar-refractivity contribution in [1.82, 2.24) is 10.2 Å². The molecule has 0 radical (unpaired) electrons. The summed E-state index contributed by atoms with van der Waals surface area (Å²) in [5.74, 6) is 0.642. The van der Waals surface area contributed by atoms with Crippen LogP contribution in [0.25, 0.3) is 0 Å². The summed E-state index contributed by atoms with van der Waals surface area (Å²) < 4.78 is 5.31. The Morgan fingerprint density at radius 3 is 2.61 bits per heavy atom. The molecule has 23 heavy (non-hydrogen) atoms. The van der Waals surface area contributed by atoms with E-state index in [0.29, 0.717) is 23.4 Å². The third-order valence-electron chi connectivity index (χ3n) is 5.29. The topological polar surface area (TPSA) is 41.6 Å². The minimum Gasteiger partial charge on any atom is -0.496 e. The van der Waals surface area contributed by atoms with Gasteiger partial charge in [-0.2, -0.15) is 0 Å². The monoisotopic (exact) mass is 316 g/mol. The van der Waals surface area contributed by atoms with Crippen molar-refractivity contribution in [3.05, 3.63) is 29.8 Å². The first-order valence-electron chi connectivity index (χ1n) is 8.92. The lowest BCUT2D eigenvalue weighted by Gasteiger charge is -2.49. The van der Waals surface area contributed by atoms with Crippen LogP contribution in [0, 0.1) is 0 Å². The van der Waals surface area contributed by atoms with E-state index >= 15 is 0 Å². The van der Waals surface area contributed by atoms with Crippen LogP contribution >= 0.6 is 0 Å². The van der Waals surface area contributed by atoms with Crippen LogP contribution in [0.5, 0.6) is 5.75 Å². The number of nitrogens with zero attached hydrogens (tertiary/aromatic N) is 1. The standard InChI is InChI=1S/C19H28N2O2/c1-3-11-21-15-7-6-8-16(21)13-14(12-15)20-19(22)17-9-4-5-10-18(17)23-2/h4-5,9-10,14-16H,3,6-8,11-13H2,1-2H3,(H,20,22)/t15-,16-/m0/s1. The zero-order valence-corrected chi connectivity index (χ0v) is 14.3. The van der Waals surface area contributed by atoms with Crippen LogP contribution in [0.15, 0.2) is 24.3 Å². The SMILES string of the molecule is CCCN1[C@H]2CCC[C@H]1CC(NC(=O)c1ccccc1OC)C2. The van der Waals surface area contributed by atoms with Gasteiger partial charge in [0.2, 0.25) is 0 Å². The van der Waals surface area contributed by atoms with Gasteiger partial charge in [-0.3, -0.25) is 9.69 Å². The fourth-order valence-electron chi connectivity index (χ4n) is 4.32. The molecule has 4 nitrogen and oxygen atoms in total. The normalized spacial score (nSPS) is 27.5. The molecule has 0 spiro atoms. The summed E-state index contributed by atoms with van der Waals surface area (Å²) in [6.07, 6.45) is 7.26. The molecule has 2 aliphatic rings. The third-order valence-corrected chi connectivity index (χ3v) is 5.29. The maximum atomic E-state index is 12.6. The van der Waals surface area contributed by atoms with E-state index in [1.807, 2.05) is 24.3 Å². The lowest BCUT2D eigenvalue weighted by atomic mass is 9.81. The van der Waals surface area contributed by atoms with E-state index in [-0.39, 0.29) is 11.9 Å². The van der Waals surface area contributed by atoms with Crippen LogP contribution in [0.2, 0.25) is 0 Å². The number of methoxy groups -OCH3 is 1. The molecule has 4 heteroatoms. The summed E-state index contributed by atoms with van der Waals surface area (Å²) in [5, 5.41) is 3.26. The van der Waals surface area contributed by atoms with Gasteiger partial charge in [0.25, 0.3) is 5.91 Å². The minimum absolute atomic E-state index is 0.00513. The highest BCUT2D eigenvalue weighted by Gasteiger charge is 2.38. The average molecular weight is 316 g/mol. The van der Waals surface area contributed by atoms with Crippen molar-refractivity contribution < 1.29 is 9.53 Å². The van der Waals surface area contributed by atoms with Crippen molar-refractivity contribution in [2.45, 2.75) is 63.6 Å². The molecule has 126 valence electrons. The first-order valence-corrected chi connectivity index (χ1v) is 8.92. The molecule has 3 rings (SSSR count). The maximum Gasteiger partial charge on any atom is 0.255 e. The van der Waals surface area contributed by atoms with Crippen LogP contribution < -0.4 is 10.1 Å². The molecule has 2 bridgehead atoms. The van der Waals surface area contributed by atoms with Gasteiger partial charge < -0.3 is 10.1 Å². The van der Waals surface area contributed by atoms with Crippen molar-refractivity contribution in [2.24, 2.45) is 0 Å². The Balaban J connectivity index is 1.66. The van der Waals surface area contributed by atoms with Crippen molar-refractivity contribution in [1.29, 1.82) is 0 Å². The molecular formula is C19H28N2O2. The largest absolute Gasteiger partial charge is 0.496 e. The van der Waals surface area contributed by atoms with E-state index in [2.05, 4.69) is 17.1 Å². The Bertz CT molecular complexity index is 532. The van der Waals surface area contributed by atoms with Gasteiger partial charge in [0.05, 0.1) is 12.7 Å². The van der Waals surface area contributed by atoms with Gasteiger partial charge >= 0.3 is 0 Å². The first-order chi connectivity index (χ1) is 11.2. The van der Waals surface area contributed by atoms with Crippen LogP contribution in [0.1, 0.15) is 55.8 Å². The second kappa shape index (κ2) is 7.35. The molecule has 0 aliphatic carbocycles. The second-order valence-corrected chi connectivity index (χ2v) is 6.82. The predicted octanol–water partition coefficient (Wildman–Crippen LogP) is 3.22. The molecule has 0 unspecified atom stereocenters. The molecule has 2 saturated heterocycles. The van der Waals surface area contributed by atoms with Crippen LogP contribution in [0.4, 0.5) is 0 Å². The Kier molecular flexibility index (Phi) is 5.21. The zero-order valence-electron chi connectivity index (χ0n) is 14.3. The molecule has 1 aromatic carbocycles. The summed E-state index contributed by atoms with van der Waals surface area (Å²) in [5.41, 5.74) is 0.635.